The third kappa shape index (κ3) is 4.42. The first-order valence-corrected chi connectivity index (χ1v) is 8.20. The van der Waals surface area contributed by atoms with Gasteiger partial charge in [-0.1, -0.05) is 13.0 Å². The average Bonchev–Trinajstić information content (AvgIpc) is 2.49. The van der Waals surface area contributed by atoms with Crippen LogP contribution >= 0.6 is 0 Å². The molecule has 1 aromatic heterocycles. The first-order chi connectivity index (χ1) is 10.1. The van der Waals surface area contributed by atoms with Gasteiger partial charge in [0.05, 0.1) is 0 Å². The molecule has 118 valence electrons. The Hall–Kier alpha value is -1.13. The van der Waals surface area contributed by atoms with Crippen LogP contribution in [-0.2, 0) is 6.54 Å². The largest absolute Gasteiger partial charge is 0.355 e. The van der Waals surface area contributed by atoms with Gasteiger partial charge in [-0.3, -0.25) is 0 Å². The molecule has 4 nitrogen and oxygen atoms in total. The maximum absolute atomic E-state index is 4.84. The number of hydrogen-bond donors (Lipinski definition) is 1. The van der Waals surface area contributed by atoms with E-state index in [1.165, 1.54) is 24.8 Å². The molecular weight excluding hydrogens is 260 g/mol. The number of aromatic nitrogens is 1. The van der Waals surface area contributed by atoms with Gasteiger partial charge in [0.1, 0.15) is 5.82 Å². The fourth-order valence-corrected chi connectivity index (χ4v) is 2.92. The molecule has 0 amide bonds. The zero-order chi connectivity index (χ0) is 15.2. The van der Waals surface area contributed by atoms with Crippen molar-refractivity contribution >= 4 is 5.82 Å². The lowest BCUT2D eigenvalue weighted by molar-refractivity contribution is 0.257. The lowest BCUT2D eigenvalue weighted by Crippen LogP contribution is -2.45. The van der Waals surface area contributed by atoms with Gasteiger partial charge < -0.3 is 15.1 Å². The van der Waals surface area contributed by atoms with Crippen molar-refractivity contribution in [2.45, 2.75) is 45.7 Å². The summed E-state index contributed by atoms with van der Waals surface area (Å²) in [7, 11) is 4.35. The van der Waals surface area contributed by atoms with E-state index in [2.05, 4.69) is 55.2 Å². The lowest BCUT2D eigenvalue weighted by Gasteiger charge is -2.37. The van der Waals surface area contributed by atoms with Crippen LogP contribution in [0.4, 0.5) is 5.82 Å². The van der Waals surface area contributed by atoms with Gasteiger partial charge in [-0.15, -0.1) is 0 Å². The van der Waals surface area contributed by atoms with Gasteiger partial charge in [0.2, 0.25) is 0 Å². The summed E-state index contributed by atoms with van der Waals surface area (Å²) in [5, 5.41) is 3.45. The molecule has 1 aliphatic heterocycles. The molecule has 0 spiro atoms. The summed E-state index contributed by atoms with van der Waals surface area (Å²) in [5.74, 6) is 1.14. The van der Waals surface area contributed by atoms with Gasteiger partial charge in [0.25, 0.3) is 0 Å². The van der Waals surface area contributed by atoms with Crippen LogP contribution in [0.1, 0.15) is 37.4 Å². The third-order valence-electron chi connectivity index (χ3n) is 4.37. The SMILES string of the molecule is CCCNCc1ccc(N2CCCC(N(C)C)C2)nc1C. The fourth-order valence-electron chi connectivity index (χ4n) is 2.92. The summed E-state index contributed by atoms with van der Waals surface area (Å²) >= 11 is 0. The number of nitrogens with one attached hydrogen (secondary N) is 1. The summed E-state index contributed by atoms with van der Waals surface area (Å²) < 4.78 is 0. The van der Waals surface area contributed by atoms with Crippen LogP contribution < -0.4 is 10.2 Å². The number of piperidine rings is 1. The van der Waals surface area contributed by atoms with Crippen LogP contribution in [0.2, 0.25) is 0 Å². The lowest BCUT2D eigenvalue weighted by atomic mass is 10.0. The van der Waals surface area contributed by atoms with Gasteiger partial charge in [0.15, 0.2) is 0 Å². The van der Waals surface area contributed by atoms with Crippen LogP contribution in [0.25, 0.3) is 0 Å². The number of likely N-dealkylation sites (N-methyl/N-ethyl adjacent to an activating group) is 1. The highest BCUT2D eigenvalue weighted by molar-refractivity contribution is 5.42. The monoisotopic (exact) mass is 290 g/mol. The quantitative estimate of drug-likeness (QED) is 0.815. The number of rotatable bonds is 6. The van der Waals surface area contributed by atoms with Crippen molar-refractivity contribution in [3.63, 3.8) is 0 Å². The molecule has 1 N–H and O–H groups in total. The Labute approximate surface area is 129 Å². The molecule has 0 aromatic carbocycles. The summed E-state index contributed by atoms with van der Waals surface area (Å²) in [4.78, 5) is 9.61. The molecular formula is C17H30N4. The van der Waals surface area contributed by atoms with E-state index in [0.29, 0.717) is 6.04 Å². The molecule has 0 radical (unpaired) electrons. The van der Waals surface area contributed by atoms with Crippen molar-refractivity contribution in [1.82, 2.24) is 15.2 Å². The summed E-state index contributed by atoms with van der Waals surface area (Å²) in [6.07, 6.45) is 3.72. The zero-order valence-electron chi connectivity index (χ0n) is 14.0. The van der Waals surface area contributed by atoms with Crippen molar-refractivity contribution in [3.05, 3.63) is 23.4 Å². The second-order valence-electron chi connectivity index (χ2n) is 6.30. The van der Waals surface area contributed by atoms with E-state index in [1.54, 1.807) is 0 Å². The minimum absolute atomic E-state index is 0.645. The molecule has 1 saturated heterocycles. The normalized spacial score (nSPS) is 19.3. The molecule has 2 rings (SSSR count). The van der Waals surface area contributed by atoms with Crippen molar-refractivity contribution in [2.24, 2.45) is 0 Å². The Bertz CT molecular complexity index is 444. The smallest absolute Gasteiger partial charge is 0.128 e. The van der Waals surface area contributed by atoms with E-state index in [-0.39, 0.29) is 0 Å². The molecule has 0 bridgehead atoms. The highest BCUT2D eigenvalue weighted by Crippen LogP contribution is 2.21. The Morgan fingerprint density at radius 1 is 1.38 bits per heavy atom. The van der Waals surface area contributed by atoms with Gasteiger partial charge in [-0.05, 0) is 58.5 Å². The third-order valence-corrected chi connectivity index (χ3v) is 4.37. The zero-order valence-corrected chi connectivity index (χ0v) is 14.0. The minimum atomic E-state index is 0.645. The molecule has 4 heteroatoms. The topological polar surface area (TPSA) is 31.4 Å². The van der Waals surface area contributed by atoms with Crippen LogP contribution in [0, 0.1) is 6.92 Å². The summed E-state index contributed by atoms with van der Waals surface area (Å²) in [5.41, 5.74) is 2.47. The van der Waals surface area contributed by atoms with E-state index in [0.717, 1.165) is 37.7 Å². The molecule has 0 aliphatic carbocycles. The number of pyridine rings is 1. The average molecular weight is 290 g/mol. The predicted molar refractivity (Wildman–Crippen MR) is 89.9 cm³/mol. The summed E-state index contributed by atoms with van der Waals surface area (Å²) in [6, 6.07) is 5.07. The highest BCUT2D eigenvalue weighted by Gasteiger charge is 2.22. The van der Waals surface area contributed by atoms with Crippen LogP contribution in [-0.4, -0.2) is 49.7 Å². The van der Waals surface area contributed by atoms with Crippen molar-refractivity contribution < 1.29 is 0 Å². The van der Waals surface area contributed by atoms with Crippen LogP contribution in [0.5, 0.6) is 0 Å². The molecule has 21 heavy (non-hydrogen) atoms. The maximum atomic E-state index is 4.84. The van der Waals surface area contributed by atoms with E-state index >= 15 is 0 Å². The van der Waals surface area contributed by atoms with Gasteiger partial charge >= 0.3 is 0 Å². The highest BCUT2D eigenvalue weighted by atomic mass is 15.2. The van der Waals surface area contributed by atoms with E-state index in [4.69, 9.17) is 4.98 Å². The molecule has 1 fully saturated rings. The van der Waals surface area contributed by atoms with E-state index < -0.39 is 0 Å². The number of nitrogens with zero attached hydrogens (tertiary/aromatic N) is 3. The Balaban J connectivity index is 2.01. The van der Waals surface area contributed by atoms with Crippen LogP contribution in [0.15, 0.2) is 12.1 Å². The molecule has 1 aliphatic rings. The first-order valence-electron chi connectivity index (χ1n) is 8.20. The fraction of sp³-hybridized carbons (Fsp3) is 0.706. The molecule has 2 heterocycles. The van der Waals surface area contributed by atoms with Crippen molar-refractivity contribution in [1.29, 1.82) is 0 Å². The second kappa shape index (κ2) is 7.76. The Kier molecular flexibility index (Phi) is 6.00. The number of hydrogen-bond acceptors (Lipinski definition) is 4. The second-order valence-corrected chi connectivity index (χ2v) is 6.30. The van der Waals surface area contributed by atoms with E-state index in [1.807, 2.05) is 0 Å². The van der Waals surface area contributed by atoms with Gasteiger partial charge in [-0.2, -0.15) is 0 Å². The Morgan fingerprint density at radius 2 is 2.19 bits per heavy atom. The number of aryl methyl sites for hydroxylation is 1. The maximum Gasteiger partial charge on any atom is 0.128 e. The Morgan fingerprint density at radius 3 is 2.86 bits per heavy atom. The molecule has 1 aromatic rings. The van der Waals surface area contributed by atoms with Gasteiger partial charge in [0, 0.05) is 31.4 Å². The van der Waals surface area contributed by atoms with Gasteiger partial charge in [-0.25, -0.2) is 4.98 Å². The summed E-state index contributed by atoms with van der Waals surface area (Å²) in [6.45, 7) is 8.53. The van der Waals surface area contributed by atoms with Crippen molar-refractivity contribution in [3.8, 4) is 0 Å². The van der Waals surface area contributed by atoms with Crippen molar-refractivity contribution in [2.75, 3.05) is 38.6 Å². The standard InChI is InChI=1S/C17H30N4/c1-5-10-18-12-15-8-9-17(19-14(15)2)21-11-6-7-16(13-21)20(3)4/h8-9,16,18H,5-7,10-13H2,1-4H3. The molecule has 1 unspecified atom stereocenters. The minimum Gasteiger partial charge on any atom is -0.355 e. The first kappa shape index (κ1) is 16.2. The van der Waals surface area contributed by atoms with Crippen LogP contribution in [0.3, 0.4) is 0 Å². The number of anilines is 1. The molecule has 0 saturated carbocycles. The van der Waals surface area contributed by atoms with E-state index in [9.17, 15) is 0 Å². The predicted octanol–water partition coefficient (Wildman–Crippen LogP) is 2.42. The molecule has 1 atom stereocenters.